The van der Waals surface area contributed by atoms with Gasteiger partial charge in [-0.2, -0.15) is 0 Å². The smallest absolute Gasteiger partial charge is 0.152 e. The Morgan fingerprint density at radius 3 is 2.86 bits per heavy atom. The zero-order chi connectivity index (χ0) is 10.2. The monoisotopic (exact) mass is 217 g/mol. The maximum absolute atomic E-state index is 14.1. The minimum absolute atomic E-state index is 0.0218. The molecule has 1 nitrogen and oxygen atoms in total. The molecule has 1 unspecified atom stereocenters. The van der Waals surface area contributed by atoms with Crippen LogP contribution in [0.15, 0.2) is 18.2 Å². The van der Waals surface area contributed by atoms with E-state index in [1.54, 1.807) is 6.07 Å². The zero-order valence-corrected chi connectivity index (χ0v) is 8.24. The molecule has 1 N–H and O–H groups in total. The third kappa shape index (κ3) is 1.51. The van der Waals surface area contributed by atoms with E-state index in [4.69, 9.17) is 11.6 Å². The first-order chi connectivity index (χ1) is 6.63. The summed E-state index contributed by atoms with van der Waals surface area (Å²) in [5.74, 6) is -0.639. The normalized spacial score (nSPS) is 26.8. The Morgan fingerprint density at radius 1 is 1.43 bits per heavy atom. The summed E-state index contributed by atoms with van der Waals surface area (Å²) < 4.78 is 27.6. The van der Waals surface area contributed by atoms with Gasteiger partial charge in [-0.1, -0.05) is 23.7 Å². The van der Waals surface area contributed by atoms with Crippen molar-refractivity contribution in [2.75, 3.05) is 13.1 Å². The van der Waals surface area contributed by atoms with Crippen molar-refractivity contribution in [2.24, 2.45) is 0 Å². The predicted octanol–water partition coefficient (Wildman–Crippen LogP) is 2.64. The van der Waals surface area contributed by atoms with Gasteiger partial charge in [0.15, 0.2) is 5.67 Å². The number of nitrogens with one attached hydrogen (secondary N) is 1. The molecule has 0 aromatic heterocycles. The van der Waals surface area contributed by atoms with Crippen LogP contribution < -0.4 is 5.32 Å². The summed E-state index contributed by atoms with van der Waals surface area (Å²) in [4.78, 5) is 0. The number of rotatable bonds is 1. The van der Waals surface area contributed by atoms with Crippen LogP contribution in [0.3, 0.4) is 0 Å². The van der Waals surface area contributed by atoms with E-state index in [1.165, 1.54) is 12.1 Å². The van der Waals surface area contributed by atoms with Gasteiger partial charge in [0.1, 0.15) is 5.82 Å². The molecule has 0 bridgehead atoms. The van der Waals surface area contributed by atoms with Crippen LogP contribution in [0.2, 0.25) is 5.02 Å². The molecule has 0 radical (unpaired) electrons. The Labute approximate surface area is 86.1 Å². The number of alkyl halides is 1. The highest BCUT2D eigenvalue weighted by Crippen LogP contribution is 2.35. The molecule has 14 heavy (non-hydrogen) atoms. The van der Waals surface area contributed by atoms with E-state index in [2.05, 4.69) is 5.32 Å². The van der Waals surface area contributed by atoms with E-state index in [9.17, 15) is 8.78 Å². The molecule has 0 spiro atoms. The number of benzene rings is 1. The van der Waals surface area contributed by atoms with E-state index in [0.717, 1.165) is 0 Å². The van der Waals surface area contributed by atoms with Crippen LogP contribution in [-0.4, -0.2) is 13.1 Å². The van der Waals surface area contributed by atoms with Gasteiger partial charge in [0.05, 0.1) is 5.02 Å². The van der Waals surface area contributed by atoms with Crippen LogP contribution >= 0.6 is 11.6 Å². The lowest BCUT2D eigenvalue weighted by Gasteiger charge is -2.19. The third-order valence-corrected chi connectivity index (χ3v) is 2.83. The Bertz CT molecular complexity index is 348. The summed E-state index contributed by atoms with van der Waals surface area (Å²) in [6, 6.07) is 4.45. The Balaban J connectivity index is 2.45. The van der Waals surface area contributed by atoms with E-state index >= 15 is 0 Å². The van der Waals surface area contributed by atoms with Crippen molar-refractivity contribution in [2.45, 2.75) is 12.1 Å². The number of halogens is 3. The van der Waals surface area contributed by atoms with Crippen molar-refractivity contribution in [3.8, 4) is 0 Å². The average Bonchev–Trinajstić information content (AvgIpc) is 2.58. The maximum atomic E-state index is 14.1. The van der Waals surface area contributed by atoms with Gasteiger partial charge in [0.25, 0.3) is 0 Å². The largest absolute Gasteiger partial charge is 0.313 e. The third-order valence-electron chi connectivity index (χ3n) is 2.54. The first-order valence-electron chi connectivity index (χ1n) is 4.48. The summed E-state index contributed by atoms with van der Waals surface area (Å²) in [7, 11) is 0. The molecule has 0 amide bonds. The van der Waals surface area contributed by atoms with Crippen LogP contribution in [0, 0.1) is 5.82 Å². The van der Waals surface area contributed by atoms with Gasteiger partial charge in [0, 0.05) is 12.1 Å². The highest BCUT2D eigenvalue weighted by Gasteiger charge is 2.38. The van der Waals surface area contributed by atoms with Crippen LogP contribution in [0.25, 0.3) is 0 Å². The molecule has 1 aromatic rings. The van der Waals surface area contributed by atoms with Gasteiger partial charge in [0.2, 0.25) is 0 Å². The summed E-state index contributed by atoms with van der Waals surface area (Å²) in [6.45, 7) is 0.729. The number of hydrogen-bond acceptors (Lipinski definition) is 1. The van der Waals surface area contributed by atoms with Gasteiger partial charge >= 0.3 is 0 Å². The standard InChI is InChI=1S/C10H10ClF2N/c11-8-3-1-2-7(9(8)12)10(13)4-5-14-6-10/h1-3,14H,4-6H2. The van der Waals surface area contributed by atoms with Gasteiger partial charge in [-0.05, 0) is 19.0 Å². The van der Waals surface area contributed by atoms with Crippen molar-refractivity contribution < 1.29 is 8.78 Å². The molecule has 2 rings (SSSR count). The summed E-state index contributed by atoms with van der Waals surface area (Å²) >= 11 is 5.59. The second-order valence-corrected chi connectivity index (χ2v) is 3.90. The second-order valence-electron chi connectivity index (χ2n) is 3.49. The molecule has 1 atom stereocenters. The van der Waals surface area contributed by atoms with Gasteiger partial charge in [-0.25, -0.2) is 8.78 Å². The lowest BCUT2D eigenvalue weighted by Crippen LogP contribution is -2.24. The van der Waals surface area contributed by atoms with Gasteiger partial charge in [-0.15, -0.1) is 0 Å². The molecule has 0 saturated carbocycles. The van der Waals surface area contributed by atoms with Crippen molar-refractivity contribution >= 4 is 11.6 Å². The van der Waals surface area contributed by atoms with E-state index in [-0.39, 0.29) is 17.1 Å². The van der Waals surface area contributed by atoms with E-state index in [1.807, 2.05) is 0 Å². The van der Waals surface area contributed by atoms with Crippen molar-refractivity contribution in [3.05, 3.63) is 34.6 Å². The minimum atomic E-state index is -1.60. The second kappa shape index (κ2) is 3.48. The fraction of sp³-hybridized carbons (Fsp3) is 0.400. The van der Waals surface area contributed by atoms with Crippen molar-refractivity contribution in [1.82, 2.24) is 5.32 Å². The molecule has 1 saturated heterocycles. The van der Waals surface area contributed by atoms with Crippen molar-refractivity contribution in [3.63, 3.8) is 0 Å². The minimum Gasteiger partial charge on any atom is -0.313 e. The zero-order valence-electron chi connectivity index (χ0n) is 7.49. The van der Waals surface area contributed by atoms with Gasteiger partial charge in [-0.3, -0.25) is 0 Å². The Kier molecular flexibility index (Phi) is 2.45. The summed E-state index contributed by atoms with van der Waals surface area (Å²) in [5, 5.41) is 2.85. The fourth-order valence-electron chi connectivity index (χ4n) is 1.74. The van der Waals surface area contributed by atoms with E-state index < -0.39 is 11.5 Å². The van der Waals surface area contributed by atoms with Crippen LogP contribution in [0.5, 0.6) is 0 Å². The molecule has 1 aliphatic rings. The molecule has 1 fully saturated rings. The predicted molar refractivity (Wildman–Crippen MR) is 51.7 cm³/mol. The highest BCUT2D eigenvalue weighted by atomic mass is 35.5. The molecule has 4 heteroatoms. The molecule has 76 valence electrons. The van der Waals surface area contributed by atoms with E-state index in [0.29, 0.717) is 13.0 Å². The fourth-order valence-corrected chi connectivity index (χ4v) is 1.92. The molecule has 1 aliphatic heterocycles. The molecular formula is C10H10ClF2N. The SMILES string of the molecule is Fc1c(Cl)cccc1C1(F)CCNC1. The molecule has 1 heterocycles. The van der Waals surface area contributed by atoms with Crippen LogP contribution in [0.4, 0.5) is 8.78 Å². The molecular weight excluding hydrogens is 208 g/mol. The summed E-state index contributed by atoms with van der Waals surface area (Å²) in [6.07, 6.45) is 0.296. The lowest BCUT2D eigenvalue weighted by atomic mass is 9.94. The quantitative estimate of drug-likeness (QED) is 0.763. The van der Waals surface area contributed by atoms with Crippen LogP contribution in [0.1, 0.15) is 12.0 Å². The van der Waals surface area contributed by atoms with Crippen molar-refractivity contribution in [1.29, 1.82) is 0 Å². The van der Waals surface area contributed by atoms with Crippen LogP contribution in [-0.2, 0) is 5.67 Å². The van der Waals surface area contributed by atoms with Gasteiger partial charge < -0.3 is 5.32 Å². The molecule has 0 aliphatic carbocycles. The topological polar surface area (TPSA) is 12.0 Å². The first kappa shape index (κ1) is 9.87. The number of hydrogen-bond donors (Lipinski definition) is 1. The first-order valence-corrected chi connectivity index (χ1v) is 4.85. The maximum Gasteiger partial charge on any atom is 0.152 e. The Morgan fingerprint density at radius 2 is 2.21 bits per heavy atom. The average molecular weight is 218 g/mol. The summed E-state index contributed by atoms with van der Waals surface area (Å²) in [5.41, 5.74) is -1.54. The lowest BCUT2D eigenvalue weighted by molar-refractivity contribution is 0.186. The highest BCUT2D eigenvalue weighted by molar-refractivity contribution is 6.30. The molecule has 1 aromatic carbocycles. The Hall–Kier alpha value is -0.670.